The van der Waals surface area contributed by atoms with Crippen LogP contribution in [0.4, 0.5) is 0 Å². The molecule has 2 fully saturated rings. The van der Waals surface area contributed by atoms with Crippen LogP contribution < -0.4 is 11.1 Å². The Hall–Kier alpha value is -1.63. The standard InChI is InChI=1S/C19H27N3O3.ClH/c20-14-19(8-12-25-13-9-19)18(24)22-10-6-16(7-11-22)21-17(23)15-4-2-1-3-5-15;/h1-5,16H,6-14,20H2,(H,21,23);1H. The van der Waals surface area contributed by atoms with Gasteiger partial charge in [0.05, 0.1) is 5.41 Å². The topological polar surface area (TPSA) is 84.7 Å². The number of hydrogen-bond donors (Lipinski definition) is 2. The third-order valence-corrected chi connectivity index (χ3v) is 5.45. The smallest absolute Gasteiger partial charge is 0.251 e. The van der Waals surface area contributed by atoms with Crippen molar-refractivity contribution in [2.24, 2.45) is 11.1 Å². The molecule has 2 heterocycles. The van der Waals surface area contributed by atoms with Crippen LogP contribution in [0.15, 0.2) is 30.3 Å². The van der Waals surface area contributed by atoms with Crippen molar-refractivity contribution < 1.29 is 14.3 Å². The molecule has 3 N–H and O–H groups in total. The number of rotatable bonds is 4. The Labute approximate surface area is 160 Å². The number of carbonyl (C=O) groups excluding carboxylic acids is 2. The highest BCUT2D eigenvalue weighted by Crippen LogP contribution is 2.32. The zero-order valence-corrected chi connectivity index (χ0v) is 15.8. The number of nitrogens with two attached hydrogens (primary N) is 1. The van der Waals surface area contributed by atoms with E-state index in [9.17, 15) is 9.59 Å². The van der Waals surface area contributed by atoms with Crippen molar-refractivity contribution in [2.45, 2.75) is 31.7 Å². The molecule has 1 aromatic carbocycles. The van der Waals surface area contributed by atoms with Crippen LogP contribution in [0.2, 0.25) is 0 Å². The Morgan fingerprint density at radius 1 is 1.15 bits per heavy atom. The van der Waals surface area contributed by atoms with E-state index in [4.69, 9.17) is 10.5 Å². The van der Waals surface area contributed by atoms with Gasteiger partial charge in [0.15, 0.2) is 0 Å². The predicted molar refractivity (Wildman–Crippen MR) is 102 cm³/mol. The molecule has 3 rings (SSSR count). The molecule has 1 aromatic rings. The first-order valence-corrected chi connectivity index (χ1v) is 9.08. The van der Waals surface area contributed by atoms with E-state index in [1.165, 1.54) is 0 Å². The number of benzene rings is 1. The molecule has 0 unspecified atom stereocenters. The van der Waals surface area contributed by atoms with Gasteiger partial charge in [0, 0.05) is 44.5 Å². The number of amides is 2. The first kappa shape index (κ1) is 20.7. The minimum atomic E-state index is -0.460. The normalized spacial score (nSPS) is 20.1. The van der Waals surface area contributed by atoms with E-state index < -0.39 is 5.41 Å². The molecule has 0 aromatic heterocycles. The van der Waals surface area contributed by atoms with Gasteiger partial charge in [0.1, 0.15) is 0 Å². The Balaban J connectivity index is 0.00000243. The van der Waals surface area contributed by atoms with E-state index in [2.05, 4.69) is 5.32 Å². The van der Waals surface area contributed by atoms with Crippen molar-refractivity contribution in [2.75, 3.05) is 32.8 Å². The summed E-state index contributed by atoms with van der Waals surface area (Å²) in [4.78, 5) is 27.1. The fourth-order valence-corrected chi connectivity index (χ4v) is 3.69. The van der Waals surface area contributed by atoms with Gasteiger partial charge in [0.2, 0.25) is 5.91 Å². The summed E-state index contributed by atoms with van der Waals surface area (Å²) in [7, 11) is 0. The third kappa shape index (κ3) is 4.55. The number of nitrogens with zero attached hydrogens (tertiary/aromatic N) is 1. The molecule has 2 aliphatic rings. The Kier molecular flexibility index (Phi) is 7.43. The van der Waals surface area contributed by atoms with Crippen LogP contribution in [0.1, 0.15) is 36.0 Å². The van der Waals surface area contributed by atoms with Gasteiger partial charge in [-0.3, -0.25) is 9.59 Å². The summed E-state index contributed by atoms with van der Waals surface area (Å²) in [6.07, 6.45) is 2.96. The maximum Gasteiger partial charge on any atom is 0.251 e. The summed E-state index contributed by atoms with van der Waals surface area (Å²) >= 11 is 0. The van der Waals surface area contributed by atoms with E-state index in [1.807, 2.05) is 35.2 Å². The van der Waals surface area contributed by atoms with E-state index in [0.717, 1.165) is 12.8 Å². The maximum atomic E-state index is 13.0. The largest absolute Gasteiger partial charge is 0.381 e. The van der Waals surface area contributed by atoms with Crippen molar-refractivity contribution >= 4 is 24.2 Å². The van der Waals surface area contributed by atoms with Gasteiger partial charge in [-0.2, -0.15) is 0 Å². The summed E-state index contributed by atoms with van der Waals surface area (Å²) in [6.45, 7) is 2.92. The molecule has 2 amide bonds. The lowest BCUT2D eigenvalue weighted by atomic mass is 9.78. The van der Waals surface area contributed by atoms with Crippen molar-refractivity contribution in [1.82, 2.24) is 10.2 Å². The van der Waals surface area contributed by atoms with Crippen LogP contribution >= 0.6 is 12.4 Å². The third-order valence-electron chi connectivity index (χ3n) is 5.45. The second-order valence-electron chi connectivity index (χ2n) is 7.00. The van der Waals surface area contributed by atoms with E-state index >= 15 is 0 Å². The van der Waals surface area contributed by atoms with Crippen molar-refractivity contribution in [1.29, 1.82) is 0 Å². The zero-order valence-electron chi connectivity index (χ0n) is 15.0. The van der Waals surface area contributed by atoms with Gasteiger partial charge >= 0.3 is 0 Å². The molecule has 0 atom stereocenters. The van der Waals surface area contributed by atoms with Gasteiger partial charge in [-0.15, -0.1) is 12.4 Å². The molecule has 7 heteroatoms. The average Bonchev–Trinajstić information content (AvgIpc) is 2.69. The molecule has 2 saturated heterocycles. The molecule has 0 radical (unpaired) electrons. The van der Waals surface area contributed by atoms with E-state index in [0.29, 0.717) is 51.3 Å². The molecule has 26 heavy (non-hydrogen) atoms. The average molecular weight is 382 g/mol. The second-order valence-corrected chi connectivity index (χ2v) is 7.00. The van der Waals surface area contributed by atoms with E-state index in [-0.39, 0.29) is 30.3 Å². The number of piperidine rings is 1. The number of ether oxygens (including phenoxy) is 1. The maximum absolute atomic E-state index is 13.0. The molecule has 0 saturated carbocycles. The Morgan fingerprint density at radius 2 is 1.77 bits per heavy atom. The molecule has 0 aliphatic carbocycles. The van der Waals surface area contributed by atoms with Crippen molar-refractivity contribution in [3.05, 3.63) is 35.9 Å². The Morgan fingerprint density at radius 3 is 2.35 bits per heavy atom. The molecular weight excluding hydrogens is 354 g/mol. The lowest BCUT2D eigenvalue weighted by molar-refractivity contribution is -0.148. The Bertz CT molecular complexity index is 597. The minimum absolute atomic E-state index is 0. The van der Waals surface area contributed by atoms with Crippen molar-refractivity contribution in [3.8, 4) is 0 Å². The van der Waals surface area contributed by atoms with Gasteiger partial charge in [-0.05, 0) is 37.8 Å². The zero-order chi connectivity index (χ0) is 17.7. The first-order valence-electron chi connectivity index (χ1n) is 9.08. The van der Waals surface area contributed by atoms with Crippen LogP contribution in [-0.4, -0.2) is 55.6 Å². The van der Waals surface area contributed by atoms with Gasteiger partial charge in [-0.25, -0.2) is 0 Å². The number of hydrogen-bond acceptors (Lipinski definition) is 4. The molecule has 0 spiro atoms. The quantitative estimate of drug-likeness (QED) is 0.829. The number of halogens is 1. The van der Waals surface area contributed by atoms with Crippen LogP contribution in [-0.2, 0) is 9.53 Å². The highest BCUT2D eigenvalue weighted by molar-refractivity contribution is 5.94. The van der Waals surface area contributed by atoms with Crippen LogP contribution in [0.25, 0.3) is 0 Å². The van der Waals surface area contributed by atoms with Gasteiger partial charge < -0.3 is 20.7 Å². The fourth-order valence-electron chi connectivity index (χ4n) is 3.69. The summed E-state index contributed by atoms with van der Waals surface area (Å²) in [5, 5.41) is 3.08. The van der Waals surface area contributed by atoms with Crippen LogP contribution in [0.3, 0.4) is 0 Å². The number of likely N-dealkylation sites (tertiary alicyclic amines) is 1. The summed E-state index contributed by atoms with van der Waals surface area (Å²) < 4.78 is 5.39. The minimum Gasteiger partial charge on any atom is -0.381 e. The molecular formula is C19H28ClN3O3. The SMILES string of the molecule is Cl.NCC1(C(=O)N2CCC(NC(=O)c3ccccc3)CC2)CCOCC1. The van der Waals surface area contributed by atoms with Crippen LogP contribution in [0, 0.1) is 5.41 Å². The van der Waals surface area contributed by atoms with E-state index in [1.54, 1.807) is 0 Å². The molecule has 144 valence electrons. The van der Waals surface area contributed by atoms with Gasteiger partial charge in [0.25, 0.3) is 5.91 Å². The predicted octanol–water partition coefficient (Wildman–Crippen LogP) is 1.58. The van der Waals surface area contributed by atoms with Crippen molar-refractivity contribution in [3.63, 3.8) is 0 Å². The number of nitrogens with one attached hydrogen (secondary N) is 1. The summed E-state index contributed by atoms with van der Waals surface area (Å²) in [5.41, 5.74) is 6.15. The second kappa shape index (κ2) is 9.35. The highest BCUT2D eigenvalue weighted by Gasteiger charge is 2.42. The summed E-state index contributed by atoms with van der Waals surface area (Å²) in [5.74, 6) is 0.111. The molecule has 2 aliphatic heterocycles. The van der Waals surface area contributed by atoms with Gasteiger partial charge in [-0.1, -0.05) is 18.2 Å². The number of carbonyl (C=O) groups is 2. The lowest BCUT2D eigenvalue weighted by Gasteiger charge is -2.41. The molecule has 0 bridgehead atoms. The first-order chi connectivity index (χ1) is 12.1. The van der Waals surface area contributed by atoms with Crippen LogP contribution in [0.5, 0.6) is 0 Å². The lowest BCUT2D eigenvalue weighted by Crippen LogP contribution is -2.54. The monoisotopic (exact) mass is 381 g/mol. The highest BCUT2D eigenvalue weighted by atomic mass is 35.5. The summed E-state index contributed by atoms with van der Waals surface area (Å²) in [6, 6.07) is 9.34. The molecule has 6 nitrogen and oxygen atoms in total. The fraction of sp³-hybridized carbons (Fsp3) is 0.579.